The van der Waals surface area contributed by atoms with Crippen LogP contribution < -0.4 is 5.32 Å². The van der Waals surface area contributed by atoms with Crippen molar-refractivity contribution >= 4 is 23.2 Å². The Morgan fingerprint density at radius 2 is 2.06 bits per heavy atom. The number of hydrogen-bond donors (Lipinski definition) is 1. The van der Waals surface area contributed by atoms with Gasteiger partial charge < -0.3 is 9.88 Å². The van der Waals surface area contributed by atoms with Gasteiger partial charge in [-0.25, -0.2) is 0 Å². The predicted octanol–water partition coefficient (Wildman–Crippen LogP) is 5.20. The van der Waals surface area contributed by atoms with E-state index in [4.69, 9.17) is 0 Å². The highest BCUT2D eigenvalue weighted by Crippen LogP contribution is 2.52. The molecule has 0 bridgehead atoms. The zero-order valence-electron chi connectivity index (χ0n) is 18.5. The second-order valence-electron chi connectivity index (χ2n) is 8.47. The first kappa shape index (κ1) is 23.6. The molecule has 0 aliphatic heterocycles. The average Bonchev–Trinajstić information content (AvgIpc) is 3.33. The lowest BCUT2D eigenvalue weighted by Crippen LogP contribution is -2.47. The number of nitrogens with one attached hydrogen (secondary N) is 1. The van der Waals surface area contributed by atoms with E-state index in [9.17, 15) is 18.0 Å². The Morgan fingerprint density at radius 1 is 1.24 bits per heavy atom. The molecule has 1 amide bonds. The van der Waals surface area contributed by atoms with Crippen LogP contribution in [0.25, 0.3) is 5.57 Å². The third-order valence-electron chi connectivity index (χ3n) is 6.28. The average molecular weight is 477 g/mol. The van der Waals surface area contributed by atoms with Gasteiger partial charge in [-0.15, -0.1) is 10.2 Å². The molecule has 9 heteroatoms. The van der Waals surface area contributed by atoms with Gasteiger partial charge in [-0.3, -0.25) is 4.79 Å². The molecule has 0 spiro atoms. The number of allylic oxidation sites excluding steroid dienone is 3. The molecule has 176 valence electrons. The summed E-state index contributed by atoms with van der Waals surface area (Å²) in [4.78, 5) is 13.4. The SMILES string of the molecule is Cn1cnnc1SCCCCCC1(C(=O)NCC(F)(F)F)C2=C(CCC=C2)c2ccccc21. The Kier molecular flexibility index (Phi) is 6.97. The van der Waals surface area contributed by atoms with Crippen LogP contribution in [0.15, 0.2) is 53.5 Å². The van der Waals surface area contributed by atoms with Crippen LogP contribution in [0.4, 0.5) is 13.2 Å². The smallest absolute Gasteiger partial charge is 0.346 e. The fraction of sp³-hybridized carbons (Fsp3) is 0.458. The summed E-state index contributed by atoms with van der Waals surface area (Å²) in [6, 6.07) is 7.68. The Balaban J connectivity index is 1.52. The van der Waals surface area contributed by atoms with Crippen LogP contribution in [0.3, 0.4) is 0 Å². The summed E-state index contributed by atoms with van der Waals surface area (Å²) < 4.78 is 40.7. The van der Waals surface area contributed by atoms with E-state index in [-0.39, 0.29) is 0 Å². The first-order valence-electron chi connectivity index (χ1n) is 11.1. The molecule has 1 N–H and O–H groups in total. The van der Waals surface area contributed by atoms with Crippen LogP contribution >= 0.6 is 11.8 Å². The van der Waals surface area contributed by atoms with Crippen LogP contribution in [0.1, 0.15) is 49.7 Å². The molecule has 33 heavy (non-hydrogen) atoms. The molecule has 0 saturated heterocycles. The minimum Gasteiger partial charge on any atom is -0.346 e. The highest BCUT2D eigenvalue weighted by molar-refractivity contribution is 7.99. The monoisotopic (exact) mass is 476 g/mol. The van der Waals surface area contributed by atoms with Crippen LogP contribution in [0.5, 0.6) is 0 Å². The van der Waals surface area contributed by atoms with Gasteiger partial charge in [0.15, 0.2) is 5.16 Å². The molecule has 1 heterocycles. The summed E-state index contributed by atoms with van der Waals surface area (Å²) in [5, 5.41) is 11.0. The Morgan fingerprint density at radius 3 is 2.82 bits per heavy atom. The summed E-state index contributed by atoms with van der Waals surface area (Å²) in [5.74, 6) is 0.307. The van der Waals surface area contributed by atoms with Gasteiger partial charge in [-0.1, -0.05) is 61.0 Å². The summed E-state index contributed by atoms with van der Waals surface area (Å²) in [6.45, 7) is -1.32. The molecule has 1 aromatic heterocycles. The molecule has 0 radical (unpaired) electrons. The van der Waals surface area contributed by atoms with Crippen molar-refractivity contribution in [2.75, 3.05) is 12.3 Å². The minimum absolute atomic E-state index is 0.478. The van der Waals surface area contributed by atoms with Crippen LogP contribution in [0, 0.1) is 0 Å². The second kappa shape index (κ2) is 9.75. The van der Waals surface area contributed by atoms with Gasteiger partial charge in [0.25, 0.3) is 0 Å². The number of fused-ring (bicyclic) bond motifs is 2. The number of aromatic nitrogens is 3. The number of alkyl halides is 3. The van der Waals surface area contributed by atoms with Crippen molar-refractivity contribution in [3.8, 4) is 0 Å². The molecule has 2 aromatic rings. The van der Waals surface area contributed by atoms with Gasteiger partial charge in [-0.05, 0) is 48.0 Å². The number of halogens is 3. The van der Waals surface area contributed by atoms with Gasteiger partial charge in [0.1, 0.15) is 12.9 Å². The molecular formula is C24H27F3N4OS. The van der Waals surface area contributed by atoms with Crippen molar-refractivity contribution in [1.82, 2.24) is 20.1 Å². The Bertz CT molecular complexity index is 1080. The van der Waals surface area contributed by atoms with E-state index >= 15 is 0 Å². The summed E-state index contributed by atoms with van der Waals surface area (Å²) in [5.41, 5.74) is 2.70. The van der Waals surface area contributed by atoms with E-state index in [0.29, 0.717) is 6.42 Å². The van der Waals surface area contributed by atoms with Crippen molar-refractivity contribution in [3.05, 3.63) is 59.4 Å². The highest BCUT2D eigenvalue weighted by Gasteiger charge is 2.50. The molecule has 2 aliphatic carbocycles. The van der Waals surface area contributed by atoms with Gasteiger partial charge in [-0.2, -0.15) is 13.2 Å². The van der Waals surface area contributed by atoms with Crippen LogP contribution in [0.2, 0.25) is 0 Å². The van der Waals surface area contributed by atoms with Gasteiger partial charge in [0.2, 0.25) is 5.91 Å². The minimum atomic E-state index is -4.45. The molecule has 1 unspecified atom stereocenters. The number of hydrogen-bond acceptors (Lipinski definition) is 4. The van der Waals surface area contributed by atoms with Crippen molar-refractivity contribution < 1.29 is 18.0 Å². The van der Waals surface area contributed by atoms with Crippen LogP contribution in [-0.2, 0) is 17.3 Å². The maximum absolute atomic E-state index is 13.4. The number of amides is 1. The fourth-order valence-electron chi connectivity index (χ4n) is 4.80. The van der Waals surface area contributed by atoms with Crippen molar-refractivity contribution in [2.45, 2.75) is 55.3 Å². The van der Waals surface area contributed by atoms with Crippen LogP contribution in [-0.4, -0.2) is 39.1 Å². The Labute approximate surface area is 195 Å². The standard InChI is InChI=1S/C24H27F3N4OS/c1-31-16-29-30-22(31)33-14-8-2-7-13-23(21(32)28-15-24(25,26)27)19-11-5-3-9-17(19)18-10-4-6-12-20(18)23/h3,5-6,9,11-12,16H,2,4,7-8,10,13-15H2,1H3,(H,28,32). The number of benzene rings is 1. The normalized spacial score (nSPS) is 19.5. The van der Waals surface area contributed by atoms with Gasteiger partial charge >= 0.3 is 6.18 Å². The van der Waals surface area contributed by atoms with E-state index in [1.54, 1.807) is 18.1 Å². The van der Waals surface area contributed by atoms with E-state index in [2.05, 4.69) is 15.5 Å². The molecule has 1 atom stereocenters. The number of rotatable bonds is 9. The summed E-state index contributed by atoms with van der Waals surface area (Å²) in [7, 11) is 1.90. The second-order valence-corrected chi connectivity index (χ2v) is 9.53. The number of carbonyl (C=O) groups excluding carboxylic acids is 1. The summed E-state index contributed by atoms with van der Waals surface area (Å²) >= 11 is 1.62. The molecule has 5 nitrogen and oxygen atoms in total. The lowest BCUT2D eigenvalue weighted by molar-refractivity contribution is -0.141. The van der Waals surface area contributed by atoms with Gasteiger partial charge in [0, 0.05) is 12.8 Å². The van der Waals surface area contributed by atoms with E-state index in [1.165, 1.54) is 0 Å². The number of unbranched alkanes of at least 4 members (excludes halogenated alkanes) is 2. The quantitative estimate of drug-likeness (QED) is 0.399. The van der Waals surface area contributed by atoms with Crippen molar-refractivity contribution in [2.24, 2.45) is 7.05 Å². The number of carbonyl (C=O) groups is 1. The zero-order chi connectivity index (χ0) is 23.5. The maximum atomic E-state index is 13.4. The number of thioether (sulfide) groups is 1. The topological polar surface area (TPSA) is 59.8 Å². The number of nitrogens with zero attached hydrogens (tertiary/aromatic N) is 3. The largest absolute Gasteiger partial charge is 0.405 e. The molecule has 1 aromatic carbocycles. The number of aryl methyl sites for hydroxylation is 1. The van der Waals surface area contributed by atoms with E-state index < -0.39 is 24.0 Å². The first-order chi connectivity index (χ1) is 15.8. The lowest BCUT2D eigenvalue weighted by atomic mass is 9.71. The first-order valence-corrected chi connectivity index (χ1v) is 12.1. The maximum Gasteiger partial charge on any atom is 0.405 e. The highest BCUT2D eigenvalue weighted by atomic mass is 32.2. The summed E-state index contributed by atoms with van der Waals surface area (Å²) in [6.07, 6.45) is 5.85. The van der Waals surface area contributed by atoms with E-state index in [0.717, 1.165) is 65.3 Å². The zero-order valence-corrected chi connectivity index (χ0v) is 19.3. The predicted molar refractivity (Wildman–Crippen MR) is 123 cm³/mol. The molecule has 4 rings (SSSR count). The third kappa shape index (κ3) is 4.88. The van der Waals surface area contributed by atoms with Gasteiger partial charge in [0.05, 0.1) is 5.41 Å². The van der Waals surface area contributed by atoms with Crippen molar-refractivity contribution in [1.29, 1.82) is 0 Å². The third-order valence-corrected chi connectivity index (χ3v) is 7.40. The molecular weight excluding hydrogens is 449 g/mol. The molecule has 0 saturated carbocycles. The lowest BCUT2D eigenvalue weighted by Gasteiger charge is -2.32. The molecule has 0 fully saturated rings. The Hall–Kier alpha value is -2.55. The fourth-order valence-corrected chi connectivity index (χ4v) is 5.69. The molecule has 2 aliphatic rings. The van der Waals surface area contributed by atoms with E-state index in [1.807, 2.05) is 48.0 Å². The van der Waals surface area contributed by atoms with Crippen molar-refractivity contribution in [3.63, 3.8) is 0 Å².